The van der Waals surface area contributed by atoms with Gasteiger partial charge in [-0.05, 0) is 35.9 Å². The van der Waals surface area contributed by atoms with Gasteiger partial charge in [0.25, 0.3) is 0 Å². The molecule has 2 aromatic carbocycles. The molecule has 0 unspecified atom stereocenters. The lowest BCUT2D eigenvalue weighted by Gasteiger charge is -2.05. The van der Waals surface area contributed by atoms with Crippen LogP contribution < -0.4 is 10.6 Å². The molecule has 0 bridgehead atoms. The average molecular weight is 384 g/mol. The third-order valence-electron chi connectivity index (χ3n) is 3.73. The minimum atomic E-state index is -0.362. The molecule has 0 saturated heterocycles. The molecule has 0 aliphatic carbocycles. The highest BCUT2D eigenvalue weighted by molar-refractivity contribution is 7.22. The Morgan fingerprint density at radius 2 is 2.04 bits per heavy atom. The molecule has 2 heterocycles. The van der Waals surface area contributed by atoms with Gasteiger partial charge in [0.2, 0.25) is 0 Å². The van der Waals surface area contributed by atoms with Crippen molar-refractivity contribution in [3.63, 3.8) is 0 Å². The van der Waals surface area contributed by atoms with Gasteiger partial charge >= 0.3 is 6.03 Å². The molecule has 6 nitrogen and oxygen atoms in total. The van der Waals surface area contributed by atoms with E-state index in [-0.39, 0.29) is 6.03 Å². The fourth-order valence-electron chi connectivity index (χ4n) is 2.55. The maximum Gasteiger partial charge on any atom is 0.325 e. The van der Waals surface area contributed by atoms with E-state index in [1.807, 2.05) is 37.6 Å². The number of halogens is 1. The number of hydrogen-bond donors (Lipinski definition) is 2. The smallest absolute Gasteiger partial charge is 0.308 e. The van der Waals surface area contributed by atoms with Crippen molar-refractivity contribution >= 4 is 50.0 Å². The van der Waals surface area contributed by atoms with Crippen molar-refractivity contribution in [3.8, 4) is 11.1 Å². The number of rotatable bonds is 3. The third kappa shape index (κ3) is 3.54. The Hall–Kier alpha value is -2.90. The van der Waals surface area contributed by atoms with Gasteiger partial charge < -0.3 is 5.32 Å². The van der Waals surface area contributed by atoms with Crippen LogP contribution in [0.5, 0.6) is 0 Å². The van der Waals surface area contributed by atoms with E-state index in [2.05, 4.69) is 20.7 Å². The summed E-state index contributed by atoms with van der Waals surface area (Å²) in [5.41, 5.74) is 3.55. The summed E-state index contributed by atoms with van der Waals surface area (Å²) in [5.74, 6) is 0. The van der Waals surface area contributed by atoms with E-state index in [1.54, 1.807) is 28.9 Å². The molecule has 0 atom stereocenters. The average Bonchev–Trinajstić information content (AvgIpc) is 3.19. The quantitative estimate of drug-likeness (QED) is 0.523. The Bertz CT molecular complexity index is 1100. The molecular weight excluding hydrogens is 370 g/mol. The van der Waals surface area contributed by atoms with Gasteiger partial charge in [-0.15, -0.1) is 0 Å². The van der Waals surface area contributed by atoms with Crippen molar-refractivity contribution in [3.05, 3.63) is 59.9 Å². The largest absolute Gasteiger partial charge is 0.325 e. The number of anilines is 2. The van der Waals surface area contributed by atoms with Gasteiger partial charge in [0.1, 0.15) is 0 Å². The highest BCUT2D eigenvalue weighted by Crippen LogP contribution is 2.30. The molecule has 0 aliphatic rings. The number of nitrogens with one attached hydrogen (secondary N) is 2. The molecule has 2 amide bonds. The molecular formula is C18H14ClN5OS. The first-order valence-corrected chi connectivity index (χ1v) is 8.99. The lowest BCUT2D eigenvalue weighted by atomic mass is 10.1. The van der Waals surface area contributed by atoms with Crippen LogP contribution in [0.3, 0.4) is 0 Å². The van der Waals surface area contributed by atoms with E-state index < -0.39 is 0 Å². The maximum absolute atomic E-state index is 12.2. The first-order chi connectivity index (χ1) is 12.6. The third-order valence-corrected chi connectivity index (χ3v) is 4.90. The van der Waals surface area contributed by atoms with Gasteiger partial charge in [-0.25, -0.2) is 9.78 Å². The van der Waals surface area contributed by atoms with Crippen LogP contribution in [0.1, 0.15) is 0 Å². The van der Waals surface area contributed by atoms with Gasteiger partial charge in [0.15, 0.2) is 5.13 Å². The summed E-state index contributed by atoms with van der Waals surface area (Å²) >= 11 is 7.34. The molecule has 8 heteroatoms. The number of amides is 2. The van der Waals surface area contributed by atoms with Crippen molar-refractivity contribution in [2.24, 2.45) is 7.05 Å². The molecule has 0 radical (unpaired) electrons. The number of aryl methyl sites for hydroxylation is 1. The molecule has 0 fully saturated rings. The summed E-state index contributed by atoms with van der Waals surface area (Å²) in [4.78, 5) is 16.6. The number of hydrogen-bond acceptors (Lipinski definition) is 4. The molecule has 0 saturated carbocycles. The number of fused-ring (bicyclic) bond motifs is 1. The van der Waals surface area contributed by atoms with Crippen molar-refractivity contribution in [2.75, 3.05) is 10.6 Å². The number of thiazole rings is 1. The minimum absolute atomic E-state index is 0.362. The molecule has 2 aromatic heterocycles. The van der Waals surface area contributed by atoms with Crippen LogP contribution in [-0.4, -0.2) is 20.8 Å². The maximum atomic E-state index is 12.2. The lowest BCUT2D eigenvalue weighted by Crippen LogP contribution is -2.19. The van der Waals surface area contributed by atoms with Crippen molar-refractivity contribution in [1.29, 1.82) is 0 Å². The van der Waals surface area contributed by atoms with Crippen LogP contribution in [0, 0.1) is 0 Å². The second-order valence-electron chi connectivity index (χ2n) is 5.69. The predicted molar refractivity (Wildman–Crippen MR) is 106 cm³/mol. The zero-order valence-corrected chi connectivity index (χ0v) is 15.3. The fourth-order valence-corrected chi connectivity index (χ4v) is 3.64. The number of benzene rings is 2. The van der Waals surface area contributed by atoms with Gasteiger partial charge in [0, 0.05) is 29.5 Å². The zero-order valence-electron chi connectivity index (χ0n) is 13.7. The standard InChI is InChI=1S/C18H14ClN5OS/c1-24-10-12(9-20-24)11-5-6-15-16(7-11)26-18(22-15)23-17(25)21-14-4-2-3-13(19)8-14/h2-10H,1H3,(H2,21,22,23,25). The van der Waals surface area contributed by atoms with E-state index in [4.69, 9.17) is 11.6 Å². The number of aromatic nitrogens is 3. The van der Waals surface area contributed by atoms with Gasteiger partial charge in [-0.2, -0.15) is 5.10 Å². The summed E-state index contributed by atoms with van der Waals surface area (Å²) in [7, 11) is 1.88. The molecule has 26 heavy (non-hydrogen) atoms. The van der Waals surface area contributed by atoms with Gasteiger partial charge in [0.05, 0.1) is 16.4 Å². The van der Waals surface area contributed by atoms with Crippen LogP contribution in [-0.2, 0) is 7.05 Å². The fraction of sp³-hybridized carbons (Fsp3) is 0.0556. The Labute approximate surface area is 158 Å². The Morgan fingerprint density at radius 3 is 2.81 bits per heavy atom. The van der Waals surface area contributed by atoms with Crippen molar-refractivity contribution < 1.29 is 4.79 Å². The second kappa shape index (κ2) is 6.78. The van der Waals surface area contributed by atoms with E-state index in [9.17, 15) is 4.79 Å². The SMILES string of the molecule is Cn1cc(-c2ccc3nc(NC(=O)Nc4cccc(Cl)c4)sc3c2)cn1. The predicted octanol–water partition coefficient (Wildman–Crippen LogP) is 4.99. The summed E-state index contributed by atoms with van der Waals surface area (Å²) in [6.45, 7) is 0. The monoisotopic (exact) mass is 383 g/mol. The van der Waals surface area contributed by atoms with Crippen LogP contribution in [0.4, 0.5) is 15.6 Å². The lowest BCUT2D eigenvalue weighted by molar-refractivity contribution is 0.262. The van der Waals surface area contributed by atoms with Crippen LogP contribution in [0.25, 0.3) is 21.3 Å². The number of urea groups is 1. The number of carbonyl (C=O) groups excluding carboxylic acids is 1. The van der Waals surface area contributed by atoms with Crippen molar-refractivity contribution in [1.82, 2.24) is 14.8 Å². The molecule has 2 N–H and O–H groups in total. The van der Waals surface area contributed by atoms with E-state index in [0.29, 0.717) is 15.8 Å². The highest BCUT2D eigenvalue weighted by atomic mass is 35.5. The molecule has 4 rings (SSSR count). The van der Waals surface area contributed by atoms with Crippen molar-refractivity contribution in [2.45, 2.75) is 0 Å². The van der Waals surface area contributed by atoms with Gasteiger partial charge in [-0.1, -0.05) is 35.1 Å². The molecule has 0 aliphatic heterocycles. The second-order valence-corrected chi connectivity index (χ2v) is 7.16. The number of nitrogens with zero attached hydrogens (tertiary/aromatic N) is 3. The zero-order chi connectivity index (χ0) is 18.1. The van der Waals surface area contributed by atoms with E-state index >= 15 is 0 Å². The molecule has 0 spiro atoms. The minimum Gasteiger partial charge on any atom is -0.308 e. The first kappa shape index (κ1) is 16.6. The normalized spacial score (nSPS) is 10.8. The van der Waals surface area contributed by atoms with E-state index in [0.717, 1.165) is 21.3 Å². The van der Waals surface area contributed by atoms with E-state index in [1.165, 1.54) is 11.3 Å². The van der Waals surface area contributed by atoms with Crippen LogP contribution in [0.2, 0.25) is 5.02 Å². The molecule has 130 valence electrons. The summed E-state index contributed by atoms with van der Waals surface area (Å²) in [5, 5.41) is 10.8. The Morgan fingerprint density at radius 1 is 1.15 bits per heavy atom. The summed E-state index contributed by atoms with van der Waals surface area (Å²) in [6.07, 6.45) is 3.78. The Kier molecular flexibility index (Phi) is 4.32. The number of carbonyl (C=O) groups is 1. The molecule has 4 aromatic rings. The van der Waals surface area contributed by atoms with Crippen LogP contribution in [0.15, 0.2) is 54.9 Å². The summed E-state index contributed by atoms with van der Waals surface area (Å²) < 4.78 is 2.75. The topological polar surface area (TPSA) is 71.8 Å². The van der Waals surface area contributed by atoms with Crippen LogP contribution >= 0.6 is 22.9 Å². The first-order valence-electron chi connectivity index (χ1n) is 7.80. The Balaban J connectivity index is 1.52. The van der Waals surface area contributed by atoms with Gasteiger partial charge in [-0.3, -0.25) is 10.00 Å². The highest BCUT2D eigenvalue weighted by Gasteiger charge is 2.10. The summed E-state index contributed by atoms with van der Waals surface area (Å²) in [6, 6.07) is 12.6.